The van der Waals surface area contributed by atoms with Crippen LogP contribution in [0.5, 0.6) is 11.5 Å². The molecule has 3 aromatic rings. The molecular weight excluding hydrogens is 380 g/mol. The lowest BCUT2D eigenvalue weighted by atomic mass is 9.93. The minimum Gasteiger partial charge on any atom is -0.493 e. The smallest absolute Gasteiger partial charge is 0.226 e. The molecule has 2 aromatic carbocycles. The fourth-order valence-corrected chi connectivity index (χ4v) is 3.75. The molecule has 1 aromatic heterocycles. The summed E-state index contributed by atoms with van der Waals surface area (Å²) < 4.78 is 13.3. The molecule has 0 aliphatic carbocycles. The molecule has 1 atom stereocenters. The number of aromatic nitrogens is 3. The Bertz CT molecular complexity index is 1090. The first-order valence-electron chi connectivity index (χ1n) is 9.81. The fraction of sp³-hybridized carbons (Fsp3) is 0.261. The predicted molar refractivity (Wildman–Crippen MR) is 114 cm³/mol. The highest BCUT2D eigenvalue weighted by molar-refractivity contribution is 5.96. The molecule has 0 radical (unpaired) electrons. The number of nitrogens with one attached hydrogen (secondary N) is 1. The summed E-state index contributed by atoms with van der Waals surface area (Å²) in [6.07, 6.45) is 2.28. The average Bonchev–Trinajstić information content (AvgIpc) is 3.21. The molecule has 1 aliphatic rings. The normalized spacial score (nSPS) is 15.4. The van der Waals surface area contributed by atoms with Gasteiger partial charge in [0, 0.05) is 17.7 Å². The van der Waals surface area contributed by atoms with Gasteiger partial charge in [0.1, 0.15) is 12.4 Å². The number of fused-ring (bicyclic) bond motifs is 1. The van der Waals surface area contributed by atoms with Crippen molar-refractivity contribution in [1.29, 1.82) is 0 Å². The summed E-state index contributed by atoms with van der Waals surface area (Å²) in [7, 11) is 1.61. The zero-order valence-corrected chi connectivity index (χ0v) is 17.3. The molecule has 0 saturated heterocycles. The van der Waals surface area contributed by atoms with Gasteiger partial charge in [0.25, 0.3) is 0 Å². The van der Waals surface area contributed by atoms with Gasteiger partial charge in [-0.25, -0.2) is 4.68 Å². The van der Waals surface area contributed by atoms with Crippen molar-refractivity contribution in [3.05, 3.63) is 77.3 Å². The highest BCUT2D eigenvalue weighted by Gasteiger charge is 2.32. The van der Waals surface area contributed by atoms with Crippen LogP contribution >= 0.6 is 0 Å². The molecule has 0 bridgehead atoms. The summed E-state index contributed by atoms with van der Waals surface area (Å²) in [4.78, 5) is 16.7. The van der Waals surface area contributed by atoms with Crippen molar-refractivity contribution in [3.8, 4) is 11.5 Å². The van der Waals surface area contributed by atoms with Crippen LogP contribution in [0.15, 0.2) is 66.1 Å². The van der Waals surface area contributed by atoms with Crippen molar-refractivity contribution < 1.29 is 14.3 Å². The van der Waals surface area contributed by atoms with Crippen LogP contribution in [-0.2, 0) is 11.2 Å². The molecule has 4 rings (SSSR count). The summed E-state index contributed by atoms with van der Waals surface area (Å²) in [6, 6.07) is 15.5. The van der Waals surface area contributed by atoms with Gasteiger partial charge in [-0.2, -0.15) is 10.1 Å². The van der Waals surface area contributed by atoms with Crippen LogP contribution in [0.4, 0.5) is 5.95 Å². The topological polar surface area (TPSA) is 78.3 Å². The minimum absolute atomic E-state index is 0.0201. The van der Waals surface area contributed by atoms with Gasteiger partial charge in [0.05, 0.1) is 13.7 Å². The molecule has 0 unspecified atom stereocenters. The van der Waals surface area contributed by atoms with Crippen LogP contribution in [0.25, 0.3) is 0 Å². The molecule has 30 heavy (non-hydrogen) atoms. The third-order valence-electron chi connectivity index (χ3n) is 5.17. The van der Waals surface area contributed by atoms with E-state index in [1.807, 2.05) is 43.3 Å². The van der Waals surface area contributed by atoms with Crippen LogP contribution in [-0.4, -0.2) is 34.3 Å². The number of hydrogen-bond donors (Lipinski definition) is 1. The van der Waals surface area contributed by atoms with Crippen LogP contribution in [0, 0.1) is 0 Å². The molecule has 154 valence electrons. The number of carbonyl (C=O) groups is 1. The quantitative estimate of drug-likeness (QED) is 0.646. The Hall–Kier alpha value is -3.61. The van der Waals surface area contributed by atoms with E-state index in [9.17, 15) is 4.79 Å². The van der Waals surface area contributed by atoms with Crippen molar-refractivity contribution in [1.82, 2.24) is 14.8 Å². The second-order valence-corrected chi connectivity index (χ2v) is 7.14. The number of benzene rings is 2. The van der Waals surface area contributed by atoms with Gasteiger partial charge in [-0.3, -0.25) is 4.79 Å². The van der Waals surface area contributed by atoms with Crippen molar-refractivity contribution in [3.63, 3.8) is 0 Å². The SMILES string of the molecule is COc1cc([C@@H]2C(C(C)=O)=C(C)Nc3ncnn32)ccc1OCCc1ccccc1. The first-order valence-corrected chi connectivity index (χ1v) is 9.81. The van der Waals surface area contributed by atoms with E-state index in [1.165, 1.54) is 11.9 Å². The molecule has 0 spiro atoms. The number of hydrogen-bond acceptors (Lipinski definition) is 6. The van der Waals surface area contributed by atoms with Gasteiger partial charge >= 0.3 is 0 Å². The monoisotopic (exact) mass is 404 g/mol. The number of nitrogens with zero attached hydrogens (tertiary/aromatic N) is 3. The number of allylic oxidation sites excluding steroid dienone is 2. The van der Waals surface area contributed by atoms with Crippen LogP contribution < -0.4 is 14.8 Å². The van der Waals surface area contributed by atoms with Gasteiger partial charge in [0.2, 0.25) is 5.95 Å². The van der Waals surface area contributed by atoms with Gasteiger partial charge in [-0.05, 0) is 37.1 Å². The lowest BCUT2D eigenvalue weighted by Crippen LogP contribution is -2.27. The predicted octanol–water partition coefficient (Wildman–Crippen LogP) is 3.79. The zero-order chi connectivity index (χ0) is 21.1. The Morgan fingerprint density at radius 3 is 2.70 bits per heavy atom. The molecule has 2 heterocycles. The molecule has 7 nitrogen and oxygen atoms in total. The number of Topliss-reactive ketones (excluding diaryl/α,β-unsaturated/α-hetero) is 1. The largest absolute Gasteiger partial charge is 0.493 e. The van der Waals surface area contributed by atoms with E-state index in [1.54, 1.807) is 18.7 Å². The second kappa shape index (κ2) is 8.41. The number of methoxy groups -OCH3 is 1. The standard InChI is InChI=1S/C23H24N4O3/c1-15-21(16(2)28)22(27-23(26-15)24-14-25-27)18-9-10-19(20(13-18)29-3)30-12-11-17-7-5-4-6-8-17/h4-10,13-14,22H,11-12H2,1-3H3,(H,24,25,26)/t22-/m1/s1. The number of rotatable bonds is 7. The molecule has 0 amide bonds. The number of ether oxygens (including phenoxy) is 2. The number of ketones is 1. The number of anilines is 1. The van der Waals surface area contributed by atoms with E-state index in [-0.39, 0.29) is 11.8 Å². The van der Waals surface area contributed by atoms with Gasteiger partial charge in [-0.1, -0.05) is 36.4 Å². The fourth-order valence-electron chi connectivity index (χ4n) is 3.75. The van der Waals surface area contributed by atoms with E-state index in [0.717, 1.165) is 17.7 Å². The van der Waals surface area contributed by atoms with E-state index in [4.69, 9.17) is 9.47 Å². The summed E-state index contributed by atoms with van der Waals surface area (Å²) in [5.41, 5.74) is 3.51. The van der Waals surface area contributed by atoms with E-state index in [0.29, 0.717) is 29.6 Å². The maximum absolute atomic E-state index is 12.4. The Balaban J connectivity index is 1.61. The van der Waals surface area contributed by atoms with Crippen LogP contribution in [0.1, 0.15) is 31.0 Å². The van der Waals surface area contributed by atoms with Gasteiger partial charge in [0.15, 0.2) is 17.3 Å². The summed E-state index contributed by atoms with van der Waals surface area (Å²) in [5.74, 6) is 1.86. The van der Waals surface area contributed by atoms with Crippen molar-refractivity contribution >= 4 is 11.7 Å². The Morgan fingerprint density at radius 2 is 1.97 bits per heavy atom. The summed E-state index contributed by atoms with van der Waals surface area (Å²) in [5, 5.41) is 7.47. The number of carbonyl (C=O) groups excluding carboxylic acids is 1. The van der Waals surface area contributed by atoms with Crippen LogP contribution in [0.2, 0.25) is 0 Å². The Morgan fingerprint density at radius 1 is 1.17 bits per heavy atom. The van der Waals surface area contributed by atoms with E-state index in [2.05, 4.69) is 27.5 Å². The van der Waals surface area contributed by atoms with Gasteiger partial charge < -0.3 is 14.8 Å². The Kier molecular flexibility index (Phi) is 5.52. The second-order valence-electron chi connectivity index (χ2n) is 7.14. The van der Waals surface area contributed by atoms with E-state index >= 15 is 0 Å². The van der Waals surface area contributed by atoms with Crippen molar-refractivity contribution in [2.45, 2.75) is 26.3 Å². The lowest BCUT2D eigenvalue weighted by molar-refractivity contribution is -0.114. The van der Waals surface area contributed by atoms with E-state index < -0.39 is 0 Å². The maximum Gasteiger partial charge on any atom is 0.226 e. The first-order chi connectivity index (χ1) is 14.6. The molecule has 1 N–H and O–H groups in total. The maximum atomic E-state index is 12.4. The highest BCUT2D eigenvalue weighted by Crippen LogP contribution is 2.38. The lowest BCUT2D eigenvalue weighted by Gasteiger charge is -2.28. The third kappa shape index (κ3) is 3.78. The third-order valence-corrected chi connectivity index (χ3v) is 5.17. The van der Waals surface area contributed by atoms with Crippen molar-refractivity contribution in [2.24, 2.45) is 0 Å². The molecular formula is C23H24N4O3. The Labute approximate surface area is 175 Å². The summed E-state index contributed by atoms with van der Waals surface area (Å²) >= 11 is 0. The zero-order valence-electron chi connectivity index (χ0n) is 17.3. The highest BCUT2D eigenvalue weighted by atomic mass is 16.5. The van der Waals surface area contributed by atoms with Gasteiger partial charge in [-0.15, -0.1) is 0 Å². The summed E-state index contributed by atoms with van der Waals surface area (Å²) in [6.45, 7) is 3.98. The minimum atomic E-state index is -0.381. The molecule has 1 aliphatic heterocycles. The molecule has 0 fully saturated rings. The van der Waals surface area contributed by atoms with Crippen molar-refractivity contribution in [2.75, 3.05) is 19.0 Å². The molecule has 0 saturated carbocycles. The molecule has 7 heteroatoms. The average molecular weight is 404 g/mol. The first kappa shape index (κ1) is 19.7. The van der Waals surface area contributed by atoms with Crippen LogP contribution in [0.3, 0.4) is 0 Å².